The number of aromatic nitrogens is 4. The molecule has 2 aliphatic carbocycles. The highest BCUT2D eigenvalue weighted by Crippen LogP contribution is 2.41. The van der Waals surface area contributed by atoms with Crippen LogP contribution in [0.1, 0.15) is 76.6 Å². The van der Waals surface area contributed by atoms with Crippen LogP contribution < -0.4 is 10.6 Å². The summed E-state index contributed by atoms with van der Waals surface area (Å²) in [5.41, 5.74) is 3.21. The smallest absolute Gasteiger partial charge is 0.224 e. The van der Waals surface area contributed by atoms with Gasteiger partial charge in [-0.1, -0.05) is 26.7 Å². The summed E-state index contributed by atoms with van der Waals surface area (Å²) in [6.07, 6.45) is 10.3. The number of nitrogens with zero attached hydrogens (tertiary/aromatic N) is 4. The molecule has 3 heterocycles. The molecular formula is C27H38N6OS. The molecule has 0 aromatic carbocycles. The number of anilines is 2. The zero-order valence-corrected chi connectivity index (χ0v) is 22.2. The van der Waals surface area contributed by atoms with Gasteiger partial charge in [-0.15, -0.1) is 11.3 Å². The minimum Gasteiger partial charge on any atom is -0.390 e. The number of hydrogen-bond donors (Lipinski definition) is 3. The summed E-state index contributed by atoms with van der Waals surface area (Å²) in [5, 5.41) is 19.3. The first-order valence-corrected chi connectivity index (χ1v) is 14.1. The van der Waals surface area contributed by atoms with Crippen LogP contribution in [0.3, 0.4) is 0 Å². The Morgan fingerprint density at radius 3 is 2.57 bits per heavy atom. The van der Waals surface area contributed by atoms with Crippen LogP contribution in [0.25, 0.3) is 20.8 Å². The first-order chi connectivity index (χ1) is 16.9. The maximum absolute atomic E-state index is 11.1. The lowest BCUT2D eigenvalue weighted by Gasteiger charge is -2.32. The van der Waals surface area contributed by atoms with Crippen LogP contribution in [0.4, 0.5) is 11.8 Å². The summed E-state index contributed by atoms with van der Waals surface area (Å²) in [6.45, 7) is 9.15. The number of hydrogen-bond acceptors (Lipinski definition) is 8. The second kappa shape index (κ2) is 9.97. The van der Waals surface area contributed by atoms with Gasteiger partial charge in [0.2, 0.25) is 5.95 Å². The van der Waals surface area contributed by atoms with Crippen LogP contribution in [0.5, 0.6) is 0 Å². The van der Waals surface area contributed by atoms with E-state index in [1.165, 1.54) is 19.3 Å². The monoisotopic (exact) mass is 494 g/mol. The van der Waals surface area contributed by atoms with E-state index in [1.54, 1.807) is 11.3 Å². The van der Waals surface area contributed by atoms with Crippen molar-refractivity contribution in [3.05, 3.63) is 23.7 Å². The quantitative estimate of drug-likeness (QED) is 0.313. The van der Waals surface area contributed by atoms with Crippen LogP contribution in [-0.4, -0.2) is 43.2 Å². The van der Waals surface area contributed by atoms with Gasteiger partial charge in [-0.3, -0.25) is 4.98 Å². The molecule has 2 aliphatic rings. The van der Waals surface area contributed by atoms with Crippen LogP contribution in [-0.2, 0) is 0 Å². The Bertz CT molecular complexity index is 1190. The number of aliphatic hydroxyl groups is 1. The van der Waals surface area contributed by atoms with Crippen molar-refractivity contribution in [3.8, 4) is 10.6 Å². The molecule has 0 amide bonds. The van der Waals surface area contributed by atoms with Crippen LogP contribution in [0.2, 0.25) is 0 Å². The number of fused-ring (bicyclic) bond motifs is 1. The van der Waals surface area contributed by atoms with Crippen molar-refractivity contribution < 1.29 is 5.11 Å². The van der Waals surface area contributed by atoms with Gasteiger partial charge >= 0.3 is 0 Å². The normalized spacial score (nSPS) is 20.5. The predicted octanol–water partition coefficient (Wildman–Crippen LogP) is 6.11. The lowest BCUT2D eigenvalue weighted by atomic mass is 9.81. The highest BCUT2D eigenvalue weighted by Gasteiger charge is 2.39. The first kappa shape index (κ1) is 24.4. The predicted molar refractivity (Wildman–Crippen MR) is 144 cm³/mol. The van der Waals surface area contributed by atoms with Crippen molar-refractivity contribution in [2.45, 2.75) is 90.7 Å². The van der Waals surface area contributed by atoms with Crippen LogP contribution >= 0.6 is 11.3 Å². The summed E-state index contributed by atoms with van der Waals surface area (Å²) < 4.78 is 1.13. The Kier molecular flexibility index (Phi) is 6.95. The fourth-order valence-electron chi connectivity index (χ4n) is 5.52. The van der Waals surface area contributed by atoms with Crippen molar-refractivity contribution >= 4 is 33.3 Å². The molecule has 7 nitrogen and oxygen atoms in total. The molecular weight excluding hydrogens is 456 g/mol. The molecule has 3 N–H and O–H groups in total. The molecule has 0 radical (unpaired) electrons. The van der Waals surface area contributed by atoms with Crippen LogP contribution in [0, 0.1) is 25.7 Å². The van der Waals surface area contributed by atoms with Gasteiger partial charge in [0, 0.05) is 18.8 Å². The van der Waals surface area contributed by atoms with Gasteiger partial charge in [0.15, 0.2) is 0 Å². The fraction of sp³-hybridized carbons (Fsp3) is 0.630. The number of pyridine rings is 1. The summed E-state index contributed by atoms with van der Waals surface area (Å²) in [4.78, 5) is 19.2. The van der Waals surface area contributed by atoms with E-state index in [0.717, 1.165) is 82.6 Å². The van der Waals surface area contributed by atoms with Gasteiger partial charge in [0.25, 0.3) is 0 Å². The summed E-state index contributed by atoms with van der Waals surface area (Å²) >= 11 is 1.67. The van der Waals surface area contributed by atoms with Crippen molar-refractivity contribution in [2.24, 2.45) is 11.8 Å². The SMILES string of the molecule is CCC(O)(CC)C1CCC(Nc2nc(NCCC3CC3)nc(C)c2-c2nc3c(C)nccc3s2)C1. The van der Waals surface area contributed by atoms with E-state index in [2.05, 4.69) is 36.4 Å². The molecule has 0 bridgehead atoms. The molecule has 0 spiro atoms. The average molecular weight is 495 g/mol. The van der Waals surface area contributed by atoms with Crippen molar-refractivity contribution in [1.82, 2.24) is 19.9 Å². The van der Waals surface area contributed by atoms with Crippen molar-refractivity contribution in [3.63, 3.8) is 0 Å². The van der Waals surface area contributed by atoms with Crippen LogP contribution in [0.15, 0.2) is 12.3 Å². The third kappa shape index (κ3) is 5.14. The Morgan fingerprint density at radius 1 is 1.06 bits per heavy atom. The molecule has 3 aromatic rings. The zero-order valence-electron chi connectivity index (χ0n) is 21.4. The number of thiazole rings is 1. The van der Waals surface area contributed by atoms with E-state index in [0.29, 0.717) is 11.9 Å². The second-order valence-corrected chi connectivity index (χ2v) is 11.5. The van der Waals surface area contributed by atoms with Crippen molar-refractivity contribution in [2.75, 3.05) is 17.2 Å². The first-order valence-electron chi connectivity index (χ1n) is 13.2. The lowest BCUT2D eigenvalue weighted by Crippen LogP contribution is -2.36. The maximum Gasteiger partial charge on any atom is 0.224 e. The Morgan fingerprint density at radius 2 is 1.86 bits per heavy atom. The second-order valence-electron chi connectivity index (χ2n) is 10.4. The molecule has 0 aliphatic heterocycles. The minimum absolute atomic E-state index is 0.273. The largest absolute Gasteiger partial charge is 0.390 e. The zero-order chi connectivity index (χ0) is 24.6. The number of aryl methyl sites for hydroxylation is 2. The number of nitrogens with one attached hydrogen (secondary N) is 2. The van der Waals surface area contributed by atoms with Gasteiger partial charge in [-0.2, -0.15) is 4.98 Å². The van der Waals surface area contributed by atoms with Gasteiger partial charge < -0.3 is 15.7 Å². The third-order valence-electron chi connectivity index (χ3n) is 8.08. The molecule has 2 atom stereocenters. The highest BCUT2D eigenvalue weighted by atomic mass is 32.1. The maximum atomic E-state index is 11.1. The molecule has 0 saturated heterocycles. The fourth-order valence-corrected chi connectivity index (χ4v) is 6.63. The molecule has 188 valence electrons. The minimum atomic E-state index is -0.575. The highest BCUT2D eigenvalue weighted by molar-refractivity contribution is 7.21. The van der Waals surface area contributed by atoms with E-state index >= 15 is 0 Å². The van der Waals surface area contributed by atoms with E-state index < -0.39 is 5.60 Å². The van der Waals surface area contributed by atoms with Gasteiger partial charge in [-0.05, 0) is 70.3 Å². The van der Waals surface area contributed by atoms with Crippen molar-refractivity contribution in [1.29, 1.82) is 0 Å². The third-order valence-corrected chi connectivity index (χ3v) is 9.12. The Hall–Kier alpha value is -2.32. The lowest BCUT2D eigenvalue weighted by molar-refractivity contribution is -0.0236. The number of rotatable bonds is 10. The molecule has 2 unspecified atom stereocenters. The van der Waals surface area contributed by atoms with Gasteiger partial charge in [-0.25, -0.2) is 9.97 Å². The van der Waals surface area contributed by atoms with E-state index in [4.69, 9.17) is 15.0 Å². The standard InChI is InChI=1S/C27H38N6OS/c1-5-27(34,6-2)19-9-10-20(15-19)31-24-22(25-32-23-17(4)28-14-12-21(23)35-25)16(3)30-26(33-24)29-13-11-18-7-8-18/h12,14,18-20,34H,5-11,13,15H2,1-4H3,(H2,29,30,31,33). The molecule has 2 fully saturated rings. The van der Waals surface area contributed by atoms with E-state index in [1.807, 2.05) is 19.2 Å². The van der Waals surface area contributed by atoms with E-state index in [-0.39, 0.29) is 6.04 Å². The molecule has 35 heavy (non-hydrogen) atoms. The van der Waals surface area contributed by atoms with E-state index in [9.17, 15) is 5.11 Å². The summed E-state index contributed by atoms with van der Waals surface area (Å²) in [6, 6.07) is 2.30. The van der Waals surface area contributed by atoms with Gasteiger partial charge in [0.05, 0.1) is 27.3 Å². The molecule has 8 heteroatoms. The molecule has 2 saturated carbocycles. The van der Waals surface area contributed by atoms with Gasteiger partial charge in [0.1, 0.15) is 16.3 Å². The Balaban J connectivity index is 1.45. The summed E-state index contributed by atoms with van der Waals surface area (Å²) in [7, 11) is 0. The average Bonchev–Trinajstić information content (AvgIpc) is 3.36. The molecule has 5 rings (SSSR count). The molecule has 3 aromatic heterocycles. The summed E-state index contributed by atoms with van der Waals surface area (Å²) in [5.74, 6) is 2.71. The Labute approximate surface area is 212 Å². The topological polar surface area (TPSA) is 95.8 Å².